The molecule has 5 nitrogen and oxygen atoms in total. The summed E-state index contributed by atoms with van der Waals surface area (Å²) in [5.41, 5.74) is 6.89. The maximum atomic E-state index is 10.8. The van der Waals surface area contributed by atoms with Gasteiger partial charge in [0.05, 0.1) is 12.0 Å². The predicted molar refractivity (Wildman–Crippen MR) is 70.6 cm³/mol. The van der Waals surface area contributed by atoms with Gasteiger partial charge in [-0.3, -0.25) is 10.1 Å². The SMILES string of the molecule is COc1ccc([N+](=O)[O-])cc1C(N)CC(C)(C)C. The second-order valence-corrected chi connectivity index (χ2v) is 5.55. The molecule has 0 heterocycles. The Morgan fingerprint density at radius 1 is 1.44 bits per heavy atom. The molecule has 0 saturated carbocycles. The van der Waals surface area contributed by atoms with Crippen LogP contribution in [0, 0.1) is 15.5 Å². The molecule has 1 aromatic carbocycles. The van der Waals surface area contributed by atoms with E-state index in [0.717, 1.165) is 6.42 Å². The minimum Gasteiger partial charge on any atom is -0.496 e. The third-order valence-electron chi connectivity index (χ3n) is 2.66. The summed E-state index contributed by atoms with van der Waals surface area (Å²) in [6, 6.07) is 4.23. The van der Waals surface area contributed by atoms with Crippen molar-refractivity contribution >= 4 is 5.69 Å². The van der Waals surface area contributed by atoms with Crippen molar-refractivity contribution in [1.29, 1.82) is 0 Å². The van der Waals surface area contributed by atoms with Crippen molar-refractivity contribution in [2.75, 3.05) is 7.11 Å². The van der Waals surface area contributed by atoms with Gasteiger partial charge < -0.3 is 10.5 Å². The Morgan fingerprint density at radius 2 is 2.06 bits per heavy atom. The third-order valence-corrected chi connectivity index (χ3v) is 2.66. The van der Waals surface area contributed by atoms with Gasteiger partial charge in [-0.15, -0.1) is 0 Å². The Kier molecular flexibility index (Phi) is 4.29. The first-order chi connectivity index (χ1) is 8.24. The van der Waals surface area contributed by atoms with E-state index in [9.17, 15) is 10.1 Å². The number of nitro groups is 1. The van der Waals surface area contributed by atoms with Gasteiger partial charge in [-0.25, -0.2) is 0 Å². The largest absolute Gasteiger partial charge is 0.496 e. The topological polar surface area (TPSA) is 78.4 Å². The molecule has 1 atom stereocenters. The number of methoxy groups -OCH3 is 1. The van der Waals surface area contributed by atoms with Gasteiger partial charge in [-0.2, -0.15) is 0 Å². The summed E-state index contributed by atoms with van der Waals surface area (Å²) in [6.45, 7) is 6.24. The van der Waals surface area contributed by atoms with E-state index in [0.29, 0.717) is 11.3 Å². The van der Waals surface area contributed by atoms with Crippen LogP contribution in [0.4, 0.5) is 5.69 Å². The molecule has 0 aliphatic heterocycles. The van der Waals surface area contributed by atoms with E-state index >= 15 is 0 Å². The van der Waals surface area contributed by atoms with E-state index in [-0.39, 0.29) is 17.1 Å². The number of hydrogen-bond acceptors (Lipinski definition) is 4. The van der Waals surface area contributed by atoms with Crippen molar-refractivity contribution in [3.63, 3.8) is 0 Å². The first kappa shape index (κ1) is 14.4. The molecule has 1 unspecified atom stereocenters. The first-order valence-corrected chi connectivity index (χ1v) is 5.82. The lowest BCUT2D eigenvalue weighted by molar-refractivity contribution is -0.385. The van der Waals surface area contributed by atoms with Crippen LogP contribution in [0.3, 0.4) is 0 Å². The van der Waals surface area contributed by atoms with Crippen molar-refractivity contribution in [3.8, 4) is 5.75 Å². The summed E-state index contributed by atoms with van der Waals surface area (Å²) in [5.74, 6) is 0.595. The second-order valence-electron chi connectivity index (χ2n) is 5.55. The van der Waals surface area contributed by atoms with Crippen molar-refractivity contribution < 1.29 is 9.66 Å². The summed E-state index contributed by atoms with van der Waals surface area (Å²) in [5, 5.41) is 10.8. The molecule has 0 saturated heterocycles. The molecule has 2 N–H and O–H groups in total. The molecule has 5 heteroatoms. The monoisotopic (exact) mass is 252 g/mol. The molecule has 1 aromatic rings. The number of benzene rings is 1. The number of ether oxygens (including phenoxy) is 1. The Morgan fingerprint density at radius 3 is 2.50 bits per heavy atom. The molecule has 0 bridgehead atoms. The average Bonchev–Trinajstić information content (AvgIpc) is 2.25. The van der Waals surface area contributed by atoms with Crippen LogP contribution >= 0.6 is 0 Å². The van der Waals surface area contributed by atoms with Gasteiger partial charge >= 0.3 is 0 Å². The predicted octanol–water partition coefficient (Wildman–Crippen LogP) is 3.04. The van der Waals surface area contributed by atoms with Crippen LogP contribution in [-0.4, -0.2) is 12.0 Å². The van der Waals surface area contributed by atoms with Crippen molar-refractivity contribution in [3.05, 3.63) is 33.9 Å². The van der Waals surface area contributed by atoms with Crippen LogP contribution < -0.4 is 10.5 Å². The highest BCUT2D eigenvalue weighted by Crippen LogP contribution is 2.34. The van der Waals surface area contributed by atoms with Gasteiger partial charge in [-0.1, -0.05) is 20.8 Å². The fourth-order valence-corrected chi connectivity index (χ4v) is 1.89. The van der Waals surface area contributed by atoms with Crippen molar-refractivity contribution in [1.82, 2.24) is 0 Å². The molecule has 100 valence electrons. The molecule has 18 heavy (non-hydrogen) atoms. The minimum absolute atomic E-state index is 0.0372. The number of rotatable bonds is 4. The van der Waals surface area contributed by atoms with Gasteiger partial charge in [-0.05, 0) is 17.9 Å². The smallest absolute Gasteiger partial charge is 0.270 e. The quantitative estimate of drug-likeness (QED) is 0.659. The van der Waals surface area contributed by atoms with Gasteiger partial charge in [0.15, 0.2) is 0 Å². The lowest BCUT2D eigenvalue weighted by Crippen LogP contribution is -2.19. The summed E-state index contributed by atoms with van der Waals surface area (Å²) in [6.07, 6.45) is 0.727. The van der Waals surface area contributed by atoms with E-state index in [1.807, 2.05) is 0 Å². The maximum absolute atomic E-state index is 10.8. The van der Waals surface area contributed by atoms with E-state index in [4.69, 9.17) is 10.5 Å². The highest BCUT2D eigenvalue weighted by molar-refractivity contribution is 5.45. The van der Waals surface area contributed by atoms with Crippen LogP contribution in [0.2, 0.25) is 0 Å². The Hall–Kier alpha value is -1.62. The molecule has 0 spiro atoms. The van der Waals surface area contributed by atoms with Crippen LogP contribution in [-0.2, 0) is 0 Å². The van der Waals surface area contributed by atoms with Crippen LogP contribution in [0.5, 0.6) is 5.75 Å². The van der Waals surface area contributed by atoms with Gasteiger partial charge in [0, 0.05) is 23.7 Å². The fraction of sp³-hybridized carbons (Fsp3) is 0.538. The van der Waals surface area contributed by atoms with Gasteiger partial charge in [0.1, 0.15) is 5.75 Å². The summed E-state index contributed by atoms with van der Waals surface area (Å²) in [7, 11) is 1.54. The molecular formula is C13H20N2O3. The van der Waals surface area contributed by atoms with Crippen LogP contribution in [0.25, 0.3) is 0 Å². The number of non-ortho nitro benzene ring substituents is 1. The Balaban J connectivity index is 3.11. The first-order valence-electron chi connectivity index (χ1n) is 5.82. The molecule has 0 aromatic heterocycles. The van der Waals surface area contributed by atoms with Crippen LogP contribution in [0.1, 0.15) is 38.8 Å². The fourth-order valence-electron chi connectivity index (χ4n) is 1.89. The maximum Gasteiger partial charge on any atom is 0.270 e. The number of nitrogens with zero attached hydrogens (tertiary/aromatic N) is 1. The normalized spacial score (nSPS) is 13.2. The van der Waals surface area contributed by atoms with E-state index < -0.39 is 4.92 Å². The number of nitrogens with two attached hydrogens (primary N) is 1. The summed E-state index contributed by atoms with van der Waals surface area (Å²) < 4.78 is 5.21. The summed E-state index contributed by atoms with van der Waals surface area (Å²) in [4.78, 5) is 10.4. The lowest BCUT2D eigenvalue weighted by Gasteiger charge is -2.24. The molecule has 0 aliphatic rings. The standard InChI is InChI=1S/C13H20N2O3/c1-13(2,3)8-11(14)10-7-9(15(16)17)5-6-12(10)18-4/h5-7,11H,8,14H2,1-4H3. The second kappa shape index (κ2) is 5.35. The van der Waals surface area contributed by atoms with Crippen molar-refractivity contribution in [2.45, 2.75) is 33.2 Å². The van der Waals surface area contributed by atoms with Crippen LogP contribution in [0.15, 0.2) is 18.2 Å². The Bertz CT molecular complexity index is 438. The zero-order valence-electron chi connectivity index (χ0n) is 11.3. The third kappa shape index (κ3) is 3.70. The molecule has 0 amide bonds. The molecule has 1 rings (SSSR count). The highest BCUT2D eigenvalue weighted by Gasteiger charge is 2.21. The zero-order valence-corrected chi connectivity index (χ0v) is 11.3. The number of hydrogen-bond donors (Lipinski definition) is 1. The molecular weight excluding hydrogens is 232 g/mol. The summed E-state index contributed by atoms with van der Waals surface area (Å²) >= 11 is 0. The van der Waals surface area contributed by atoms with Gasteiger partial charge in [0.25, 0.3) is 5.69 Å². The molecule has 0 aliphatic carbocycles. The average molecular weight is 252 g/mol. The van der Waals surface area contributed by atoms with Crippen molar-refractivity contribution in [2.24, 2.45) is 11.1 Å². The Labute approximate surface area is 107 Å². The van der Waals surface area contributed by atoms with E-state index in [2.05, 4.69) is 20.8 Å². The van der Waals surface area contributed by atoms with Gasteiger partial charge in [0.2, 0.25) is 0 Å². The number of nitro benzene ring substituents is 1. The van der Waals surface area contributed by atoms with E-state index in [1.54, 1.807) is 6.07 Å². The van der Waals surface area contributed by atoms with E-state index in [1.165, 1.54) is 19.2 Å². The highest BCUT2D eigenvalue weighted by atomic mass is 16.6. The lowest BCUT2D eigenvalue weighted by atomic mass is 9.85. The molecule has 0 radical (unpaired) electrons. The minimum atomic E-state index is -0.424. The zero-order chi connectivity index (χ0) is 13.9. The molecule has 0 fully saturated rings.